The molecule has 7 aromatic rings. The normalized spacial score (nSPS) is 11.9. The van der Waals surface area contributed by atoms with Gasteiger partial charge in [0, 0.05) is 5.69 Å². The van der Waals surface area contributed by atoms with Gasteiger partial charge in [-0.05, 0) is 60.7 Å². The molecular weight excluding hydrogens is 384 g/mol. The molecule has 0 amide bonds. The van der Waals surface area contributed by atoms with E-state index in [1.807, 2.05) is 42.5 Å². The van der Waals surface area contributed by atoms with Gasteiger partial charge >= 0.3 is 0 Å². The smallest absolute Gasteiger partial charge is 0.220 e. The Morgan fingerprint density at radius 3 is 1.74 bits per heavy atom. The van der Waals surface area contributed by atoms with E-state index in [9.17, 15) is 0 Å². The van der Waals surface area contributed by atoms with Crippen molar-refractivity contribution in [1.82, 2.24) is 28.9 Å². The molecule has 0 bridgehead atoms. The summed E-state index contributed by atoms with van der Waals surface area (Å²) in [5.74, 6) is 0.901. The molecule has 0 spiro atoms. The van der Waals surface area contributed by atoms with Gasteiger partial charge < -0.3 is 0 Å². The van der Waals surface area contributed by atoms with E-state index in [1.165, 1.54) is 0 Å². The highest BCUT2D eigenvalue weighted by atomic mass is 15.5. The quantitative estimate of drug-likeness (QED) is 0.403. The van der Waals surface area contributed by atoms with Gasteiger partial charge in [-0.1, -0.05) is 36.4 Å². The fraction of sp³-hybridized carbons (Fsp3) is 0. The molecule has 7 rings (SSSR count). The molecule has 4 aromatic carbocycles. The molecular formula is C25H16N6. The van der Waals surface area contributed by atoms with Crippen LogP contribution in [0.3, 0.4) is 0 Å². The van der Waals surface area contributed by atoms with Crippen LogP contribution in [0.2, 0.25) is 0 Å². The monoisotopic (exact) mass is 400 g/mol. The van der Waals surface area contributed by atoms with E-state index < -0.39 is 0 Å². The second kappa shape index (κ2) is 6.03. The van der Waals surface area contributed by atoms with Gasteiger partial charge in [0.2, 0.25) is 5.78 Å². The van der Waals surface area contributed by atoms with Gasteiger partial charge in [-0.2, -0.15) is 4.80 Å². The minimum absolute atomic E-state index is 0.883. The third kappa shape index (κ3) is 2.30. The molecule has 31 heavy (non-hydrogen) atoms. The summed E-state index contributed by atoms with van der Waals surface area (Å²) in [7, 11) is 0. The molecule has 6 heteroatoms. The van der Waals surface area contributed by atoms with Gasteiger partial charge in [-0.3, -0.25) is 8.97 Å². The molecule has 0 fully saturated rings. The Labute approximate surface area is 176 Å². The number of rotatable bonds is 2. The van der Waals surface area contributed by atoms with E-state index in [0.29, 0.717) is 0 Å². The van der Waals surface area contributed by atoms with Crippen LogP contribution < -0.4 is 0 Å². The van der Waals surface area contributed by atoms with Gasteiger partial charge in [0.1, 0.15) is 11.0 Å². The lowest BCUT2D eigenvalue weighted by Gasteiger charge is -2.06. The number of fused-ring (bicyclic) bond motifs is 6. The lowest BCUT2D eigenvalue weighted by molar-refractivity contribution is 0.765. The molecule has 0 aliphatic carbocycles. The summed E-state index contributed by atoms with van der Waals surface area (Å²) in [6, 6.07) is 32.8. The van der Waals surface area contributed by atoms with Crippen molar-refractivity contribution in [3.63, 3.8) is 0 Å². The van der Waals surface area contributed by atoms with Crippen LogP contribution in [0.4, 0.5) is 0 Å². The number of imidazole rings is 2. The molecule has 6 nitrogen and oxygen atoms in total. The number of nitrogens with zero attached hydrogens (tertiary/aromatic N) is 6. The summed E-state index contributed by atoms with van der Waals surface area (Å²) >= 11 is 0. The first-order chi connectivity index (χ1) is 15.4. The van der Waals surface area contributed by atoms with Crippen LogP contribution in [0, 0.1) is 0 Å². The summed E-state index contributed by atoms with van der Waals surface area (Å²) in [6.45, 7) is 0. The average Bonchev–Trinajstić information content (AvgIpc) is 3.50. The SMILES string of the molecule is c1ccc2nn(-c3ccc(-n4c5ccccc5n5c6ccccc6nc45)cc3)nc2c1. The topological polar surface area (TPSA) is 52.9 Å². The van der Waals surface area contributed by atoms with E-state index in [2.05, 4.69) is 73.8 Å². The van der Waals surface area contributed by atoms with Crippen molar-refractivity contribution in [3.8, 4) is 11.4 Å². The van der Waals surface area contributed by atoms with Crippen LogP contribution in [0.15, 0.2) is 97.1 Å². The Hall–Kier alpha value is -4.45. The van der Waals surface area contributed by atoms with Crippen molar-refractivity contribution in [1.29, 1.82) is 0 Å². The predicted molar refractivity (Wildman–Crippen MR) is 122 cm³/mol. The Kier molecular flexibility index (Phi) is 3.18. The summed E-state index contributed by atoms with van der Waals surface area (Å²) in [4.78, 5) is 6.62. The van der Waals surface area contributed by atoms with Crippen molar-refractivity contribution in [2.75, 3.05) is 0 Å². The average molecular weight is 400 g/mol. The fourth-order valence-electron chi connectivity index (χ4n) is 4.32. The number of para-hydroxylation sites is 4. The third-order valence-electron chi connectivity index (χ3n) is 5.73. The number of benzene rings is 4. The second-order valence-corrected chi connectivity index (χ2v) is 7.55. The maximum atomic E-state index is 4.93. The maximum absolute atomic E-state index is 4.93. The van der Waals surface area contributed by atoms with E-state index in [0.717, 1.165) is 50.3 Å². The summed E-state index contributed by atoms with van der Waals surface area (Å²) in [5, 5.41) is 9.17. The largest absolute Gasteiger partial charge is 0.278 e. The molecule has 0 saturated heterocycles. The minimum atomic E-state index is 0.883. The highest BCUT2D eigenvalue weighted by Gasteiger charge is 2.16. The maximum Gasteiger partial charge on any atom is 0.220 e. The standard InChI is InChI=1S/C25H16N6/c1-2-8-20-19(7-1)27-31(28-20)18-15-13-17(14-16-18)29-23-11-5-6-12-24(23)30-22-10-4-3-9-21(22)26-25(29)30/h1-16H. The van der Waals surface area contributed by atoms with Crippen LogP contribution in [0.5, 0.6) is 0 Å². The number of hydrogen-bond acceptors (Lipinski definition) is 3. The fourth-order valence-corrected chi connectivity index (χ4v) is 4.32. The Morgan fingerprint density at radius 2 is 1.03 bits per heavy atom. The zero-order chi connectivity index (χ0) is 20.4. The van der Waals surface area contributed by atoms with Crippen molar-refractivity contribution in [3.05, 3.63) is 97.1 Å². The lowest BCUT2D eigenvalue weighted by atomic mass is 10.2. The van der Waals surface area contributed by atoms with Crippen molar-refractivity contribution in [2.24, 2.45) is 0 Å². The van der Waals surface area contributed by atoms with Crippen LogP contribution in [-0.2, 0) is 0 Å². The van der Waals surface area contributed by atoms with E-state index >= 15 is 0 Å². The minimum Gasteiger partial charge on any atom is -0.278 e. The zero-order valence-electron chi connectivity index (χ0n) is 16.4. The van der Waals surface area contributed by atoms with Gasteiger partial charge in [0.25, 0.3) is 0 Å². The molecule has 3 aromatic heterocycles. The third-order valence-corrected chi connectivity index (χ3v) is 5.73. The number of hydrogen-bond donors (Lipinski definition) is 0. The van der Waals surface area contributed by atoms with Crippen molar-refractivity contribution < 1.29 is 0 Å². The van der Waals surface area contributed by atoms with Gasteiger partial charge in [0.05, 0.1) is 27.8 Å². The summed E-state index contributed by atoms with van der Waals surface area (Å²) < 4.78 is 4.42. The molecule has 0 unspecified atom stereocenters. The molecule has 146 valence electrons. The molecule has 3 heterocycles. The Balaban J connectivity index is 1.44. The predicted octanol–water partition coefficient (Wildman–Crippen LogP) is 5.17. The van der Waals surface area contributed by atoms with Crippen LogP contribution >= 0.6 is 0 Å². The molecule has 0 aliphatic rings. The highest BCUT2D eigenvalue weighted by molar-refractivity contribution is 5.92. The number of aromatic nitrogens is 6. The van der Waals surface area contributed by atoms with Crippen molar-refractivity contribution >= 4 is 38.9 Å². The van der Waals surface area contributed by atoms with Crippen LogP contribution in [0.25, 0.3) is 50.3 Å². The molecule has 0 atom stereocenters. The molecule has 0 radical (unpaired) electrons. The summed E-state index contributed by atoms with van der Waals surface area (Å²) in [6.07, 6.45) is 0. The van der Waals surface area contributed by atoms with Gasteiger partial charge in [-0.15, -0.1) is 10.2 Å². The van der Waals surface area contributed by atoms with E-state index in [-0.39, 0.29) is 0 Å². The van der Waals surface area contributed by atoms with Crippen LogP contribution in [-0.4, -0.2) is 28.9 Å². The van der Waals surface area contributed by atoms with E-state index in [4.69, 9.17) is 4.98 Å². The van der Waals surface area contributed by atoms with Crippen LogP contribution in [0.1, 0.15) is 0 Å². The lowest BCUT2D eigenvalue weighted by Crippen LogP contribution is -2.00. The zero-order valence-corrected chi connectivity index (χ0v) is 16.4. The Morgan fingerprint density at radius 1 is 0.484 bits per heavy atom. The first kappa shape index (κ1) is 16.4. The van der Waals surface area contributed by atoms with E-state index in [1.54, 1.807) is 4.80 Å². The second-order valence-electron chi connectivity index (χ2n) is 7.55. The van der Waals surface area contributed by atoms with Crippen molar-refractivity contribution in [2.45, 2.75) is 0 Å². The van der Waals surface area contributed by atoms with Gasteiger partial charge in [-0.25, -0.2) is 4.98 Å². The summed E-state index contributed by atoms with van der Waals surface area (Å²) in [5.41, 5.74) is 8.07. The molecule has 0 N–H and O–H groups in total. The highest BCUT2D eigenvalue weighted by Crippen LogP contribution is 2.29. The first-order valence-electron chi connectivity index (χ1n) is 10.2. The first-order valence-corrected chi connectivity index (χ1v) is 10.2. The molecule has 0 saturated carbocycles. The van der Waals surface area contributed by atoms with Gasteiger partial charge in [0.15, 0.2) is 0 Å². The Bertz CT molecular complexity index is 1700. The molecule has 0 aliphatic heterocycles.